The molecule has 1 aliphatic heterocycles. The molecule has 100 valence electrons. The number of benzene rings is 2. The van der Waals surface area contributed by atoms with Gasteiger partial charge in [0.05, 0.1) is 6.04 Å². The molecule has 1 heterocycles. The Kier molecular flexibility index (Phi) is 3.42. The predicted octanol–water partition coefficient (Wildman–Crippen LogP) is 4.68. The van der Waals surface area contributed by atoms with Gasteiger partial charge in [-0.25, -0.2) is 0 Å². The molecule has 1 unspecified atom stereocenters. The average molecular weight is 261 g/mol. The summed E-state index contributed by atoms with van der Waals surface area (Å²) in [6.07, 6.45) is 8.32. The van der Waals surface area contributed by atoms with Crippen LogP contribution in [0.25, 0.3) is 11.1 Å². The highest BCUT2D eigenvalue weighted by atomic mass is 14.9. The summed E-state index contributed by atoms with van der Waals surface area (Å²) in [6, 6.07) is 15.6. The van der Waals surface area contributed by atoms with Crippen molar-refractivity contribution in [3.05, 3.63) is 83.6 Å². The molecule has 2 aromatic rings. The summed E-state index contributed by atoms with van der Waals surface area (Å²) < 4.78 is 0. The van der Waals surface area contributed by atoms with E-state index in [1.54, 1.807) is 0 Å². The Balaban J connectivity index is 2.02. The number of nitrogens with one attached hydrogen (secondary N) is 1. The molecule has 20 heavy (non-hydrogen) atoms. The zero-order chi connectivity index (χ0) is 13.9. The van der Waals surface area contributed by atoms with Crippen molar-refractivity contribution < 1.29 is 0 Å². The van der Waals surface area contributed by atoms with Crippen LogP contribution in [0.2, 0.25) is 0 Å². The van der Waals surface area contributed by atoms with E-state index in [0.29, 0.717) is 0 Å². The van der Waals surface area contributed by atoms with Gasteiger partial charge < -0.3 is 5.32 Å². The summed E-state index contributed by atoms with van der Waals surface area (Å²) in [5.41, 5.74) is 6.51. The van der Waals surface area contributed by atoms with Gasteiger partial charge in [0.2, 0.25) is 0 Å². The number of allylic oxidation sites excluding steroid dienone is 2. The van der Waals surface area contributed by atoms with E-state index in [0.717, 1.165) is 0 Å². The first-order chi connectivity index (χ1) is 9.74. The first kappa shape index (κ1) is 12.7. The fourth-order valence-corrected chi connectivity index (χ4v) is 2.62. The maximum atomic E-state index is 3.40. The van der Waals surface area contributed by atoms with E-state index in [2.05, 4.69) is 73.8 Å². The van der Waals surface area contributed by atoms with Crippen molar-refractivity contribution in [3.8, 4) is 11.1 Å². The van der Waals surface area contributed by atoms with Gasteiger partial charge in [0.25, 0.3) is 0 Å². The summed E-state index contributed by atoms with van der Waals surface area (Å²) in [5.74, 6) is 0. The van der Waals surface area contributed by atoms with Crippen molar-refractivity contribution >= 4 is 0 Å². The molecule has 1 nitrogen and oxygen atoms in total. The van der Waals surface area contributed by atoms with Crippen LogP contribution >= 0.6 is 0 Å². The highest BCUT2D eigenvalue weighted by molar-refractivity contribution is 5.66. The van der Waals surface area contributed by atoms with Crippen LogP contribution in [0.1, 0.15) is 22.7 Å². The Morgan fingerprint density at radius 1 is 0.900 bits per heavy atom. The number of dihydropyridines is 1. The molecule has 0 spiro atoms. The second-order valence-corrected chi connectivity index (χ2v) is 5.33. The van der Waals surface area contributed by atoms with Crippen molar-refractivity contribution in [2.45, 2.75) is 19.9 Å². The van der Waals surface area contributed by atoms with Crippen molar-refractivity contribution in [3.63, 3.8) is 0 Å². The molecule has 0 saturated heterocycles. The minimum Gasteiger partial charge on any atom is -0.381 e. The highest BCUT2D eigenvalue weighted by Gasteiger charge is 2.11. The van der Waals surface area contributed by atoms with Gasteiger partial charge in [-0.05, 0) is 54.4 Å². The molecule has 1 heteroatoms. The zero-order valence-corrected chi connectivity index (χ0v) is 11.9. The second kappa shape index (κ2) is 5.38. The maximum Gasteiger partial charge on any atom is 0.0698 e. The number of hydrogen-bond donors (Lipinski definition) is 1. The molecule has 2 aromatic carbocycles. The summed E-state index contributed by atoms with van der Waals surface area (Å²) in [5, 5.41) is 3.40. The van der Waals surface area contributed by atoms with Gasteiger partial charge in [-0.3, -0.25) is 0 Å². The first-order valence-electron chi connectivity index (χ1n) is 7.01. The largest absolute Gasteiger partial charge is 0.381 e. The van der Waals surface area contributed by atoms with E-state index in [1.165, 1.54) is 27.8 Å². The molecule has 1 N–H and O–H groups in total. The molecular weight excluding hydrogens is 242 g/mol. The lowest BCUT2D eigenvalue weighted by molar-refractivity contribution is 0.741. The lowest BCUT2D eigenvalue weighted by atomic mass is 9.94. The standard InChI is InChI=1S/C19H19N/c1-14-6-5-7-16(12-14)17-10-9-15(2)18(13-17)19-8-3-4-11-20-19/h3-13,19-20H,1-2H3. The lowest BCUT2D eigenvalue weighted by Gasteiger charge is -2.19. The number of hydrogen-bond acceptors (Lipinski definition) is 1. The Hall–Kier alpha value is -2.28. The number of aryl methyl sites for hydroxylation is 2. The topological polar surface area (TPSA) is 12.0 Å². The third-order valence-corrected chi connectivity index (χ3v) is 3.75. The Morgan fingerprint density at radius 3 is 2.50 bits per heavy atom. The Labute approximate surface area is 120 Å². The van der Waals surface area contributed by atoms with Gasteiger partial charge in [0.15, 0.2) is 0 Å². The van der Waals surface area contributed by atoms with Crippen LogP contribution in [0, 0.1) is 13.8 Å². The first-order valence-corrected chi connectivity index (χ1v) is 7.01. The molecular formula is C19H19N. The second-order valence-electron chi connectivity index (χ2n) is 5.33. The van der Waals surface area contributed by atoms with Crippen LogP contribution in [0.3, 0.4) is 0 Å². The molecule has 1 aliphatic rings. The van der Waals surface area contributed by atoms with Crippen LogP contribution in [0.5, 0.6) is 0 Å². The highest BCUT2D eigenvalue weighted by Crippen LogP contribution is 2.27. The molecule has 0 fully saturated rings. The SMILES string of the molecule is Cc1cccc(-c2ccc(C)c(C3C=CC=CN3)c2)c1. The summed E-state index contributed by atoms with van der Waals surface area (Å²) >= 11 is 0. The van der Waals surface area contributed by atoms with Crippen LogP contribution < -0.4 is 5.32 Å². The molecule has 0 saturated carbocycles. The minimum atomic E-state index is 0.268. The summed E-state index contributed by atoms with van der Waals surface area (Å²) in [4.78, 5) is 0. The Morgan fingerprint density at radius 2 is 1.75 bits per heavy atom. The zero-order valence-electron chi connectivity index (χ0n) is 11.9. The molecule has 0 bridgehead atoms. The van der Waals surface area contributed by atoms with Crippen LogP contribution in [-0.2, 0) is 0 Å². The monoisotopic (exact) mass is 261 g/mol. The lowest BCUT2D eigenvalue weighted by Crippen LogP contribution is -2.16. The van der Waals surface area contributed by atoms with E-state index in [9.17, 15) is 0 Å². The maximum absolute atomic E-state index is 3.40. The van der Waals surface area contributed by atoms with Crippen molar-refractivity contribution in [2.75, 3.05) is 0 Å². The average Bonchev–Trinajstić information content (AvgIpc) is 2.48. The van der Waals surface area contributed by atoms with Gasteiger partial charge in [0.1, 0.15) is 0 Å². The molecule has 0 aromatic heterocycles. The fraction of sp³-hybridized carbons (Fsp3) is 0.158. The summed E-state index contributed by atoms with van der Waals surface area (Å²) in [6.45, 7) is 4.30. The van der Waals surface area contributed by atoms with E-state index in [4.69, 9.17) is 0 Å². The third kappa shape index (κ3) is 2.53. The fourth-order valence-electron chi connectivity index (χ4n) is 2.62. The minimum absolute atomic E-state index is 0.268. The van der Waals surface area contributed by atoms with Crippen molar-refractivity contribution in [1.82, 2.24) is 5.32 Å². The van der Waals surface area contributed by atoms with E-state index in [1.807, 2.05) is 12.3 Å². The van der Waals surface area contributed by atoms with Gasteiger partial charge in [-0.15, -0.1) is 0 Å². The Bertz CT molecular complexity index is 680. The molecule has 0 aliphatic carbocycles. The van der Waals surface area contributed by atoms with E-state index in [-0.39, 0.29) is 6.04 Å². The van der Waals surface area contributed by atoms with Gasteiger partial charge in [-0.1, -0.05) is 54.1 Å². The third-order valence-electron chi connectivity index (χ3n) is 3.75. The van der Waals surface area contributed by atoms with Crippen LogP contribution in [-0.4, -0.2) is 0 Å². The van der Waals surface area contributed by atoms with Crippen LogP contribution in [0.4, 0.5) is 0 Å². The van der Waals surface area contributed by atoms with Crippen LogP contribution in [0.15, 0.2) is 66.9 Å². The van der Waals surface area contributed by atoms with E-state index >= 15 is 0 Å². The predicted molar refractivity (Wildman–Crippen MR) is 85.5 cm³/mol. The molecule has 0 amide bonds. The smallest absolute Gasteiger partial charge is 0.0698 e. The van der Waals surface area contributed by atoms with Crippen molar-refractivity contribution in [2.24, 2.45) is 0 Å². The van der Waals surface area contributed by atoms with Gasteiger partial charge >= 0.3 is 0 Å². The molecule has 1 atom stereocenters. The van der Waals surface area contributed by atoms with E-state index < -0.39 is 0 Å². The van der Waals surface area contributed by atoms with Crippen molar-refractivity contribution in [1.29, 1.82) is 0 Å². The molecule has 0 radical (unpaired) electrons. The summed E-state index contributed by atoms with van der Waals surface area (Å²) in [7, 11) is 0. The van der Waals surface area contributed by atoms with Gasteiger partial charge in [0, 0.05) is 0 Å². The van der Waals surface area contributed by atoms with Gasteiger partial charge in [-0.2, -0.15) is 0 Å². The quantitative estimate of drug-likeness (QED) is 0.827. The number of rotatable bonds is 2. The molecule has 3 rings (SSSR count). The normalized spacial score (nSPS) is 17.0.